The van der Waals surface area contributed by atoms with Crippen molar-refractivity contribution in [3.63, 3.8) is 0 Å². The molecular formula is C14H14N2O. The van der Waals surface area contributed by atoms with Crippen LogP contribution in [0.1, 0.15) is 17.4 Å². The molecule has 2 aromatic heterocycles. The first-order valence-electron chi connectivity index (χ1n) is 5.29. The lowest BCUT2D eigenvalue weighted by molar-refractivity contribution is 0.464. The van der Waals surface area contributed by atoms with E-state index < -0.39 is 0 Å². The van der Waals surface area contributed by atoms with Crippen LogP contribution in [0.15, 0.2) is 47.7 Å². The third-order valence-corrected chi connectivity index (χ3v) is 2.51. The maximum absolute atomic E-state index is 6.09. The van der Waals surface area contributed by atoms with E-state index in [9.17, 15) is 0 Å². The molecular weight excluding hydrogens is 212 g/mol. The molecule has 0 aromatic carbocycles. The Bertz CT molecular complexity index is 613. The number of pyridine rings is 1. The standard InChI is InChI=1S/C14H14N2O/c1-3-5-11-8-13(17-10(11)2)14(15)12-6-4-7-16-9-12/h3-9,14H,1-2,15H2/b11-5-. The van der Waals surface area contributed by atoms with Crippen molar-refractivity contribution in [1.82, 2.24) is 4.98 Å². The Morgan fingerprint density at radius 2 is 2.29 bits per heavy atom. The molecule has 0 spiro atoms. The number of hydrogen-bond acceptors (Lipinski definition) is 3. The van der Waals surface area contributed by atoms with E-state index in [2.05, 4.69) is 18.1 Å². The predicted molar refractivity (Wildman–Crippen MR) is 68.4 cm³/mol. The molecule has 0 radical (unpaired) electrons. The van der Waals surface area contributed by atoms with E-state index in [1.165, 1.54) is 0 Å². The predicted octanol–water partition coefficient (Wildman–Crippen LogP) is 1.10. The molecule has 0 saturated heterocycles. The van der Waals surface area contributed by atoms with Gasteiger partial charge in [-0.2, -0.15) is 0 Å². The fraction of sp³-hybridized carbons (Fsp3) is 0.0714. The average molecular weight is 226 g/mol. The van der Waals surface area contributed by atoms with Gasteiger partial charge in [0.25, 0.3) is 0 Å². The largest absolute Gasteiger partial charge is 0.460 e. The van der Waals surface area contributed by atoms with E-state index >= 15 is 0 Å². The van der Waals surface area contributed by atoms with Gasteiger partial charge in [-0.1, -0.05) is 31.4 Å². The third kappa shape index (κ3) is 2.34. The molecule has 2 N–H and O–H groups in total. The first kappa shape index (κ1) is 11.4. The lowest BCUT2D eigenvalue weighted by atomic mass is 10.1. The van der Waals surface area contributed by atoms with Crippen LogP contribution in [-0.4, -0.2) is 4.98 Å². The summed E-state index contributed by atoms with van der Waals surface area (Å²) in [4.78, 5) is 4.04. The van der Waals surface area contributed by atoms with Gasteiger partial charge in [-0.3, -0.25) is 4.98 Å². The second kappa shape index (κ2) is 4.80. The highest BCUT2D eigenvalue weighted by atomic mass is 16.3. The number of furan rings is 1. The molecule has 2 heterocycles. The highest BCUT2D eigenvalue weighted by Gasteiger charge is 2.12. The summed E-state index contributed by atoms with van der Waals surface area (Å²) >= 11 is 0. The minimum atomic E-state index is -0.323. The summed E-state index contributed by atoms with van der Waals surface area (Å²) in [5, 5.41) is 0.898. The Hall–Kier alpha value is -2.13. The van der Waals surface area contributed by atoms with Crippen LogP contribution in [-0.2, 0) is 0 Å². The van der Waals surface area contributed by atoms with E-state index in [0.717, 1.165) is 10.8 Å². The molecule has 0 bridgehead atoms. The molecule has 86 valence electrons. The van der Waals surface area contributed by atoms with Gasteiger partial charge in [0.2, 0.25) is 0 Å². The quantitative estimate of drug-likeness (QED) is 0.852. The Kier molecular flexibility index (Phi) is 3.21. The lowest BCUT2D eigenvalue weighted by Crippen LogP contribution is -2.15. The number of nitrogens with two attached hydrogens (primary N) is 1. The van der Waals surface area contributed by atoms with Gasteiger partial charge in [0.1, 0.15) is 11.2 Å². The Morgan fingerprint density at radius 1 is 1.47 bits per heavy atom. The van der Waals surface area contributed by atoms with Crippen LogP contribution in [0.25, 0.3) is 12.7 Å². The van der Waals surface area contributed by atoms with Gasteiger partial charge in [0.05, 0.1) is 6.04 Å². The molecule has 3 heteroatoms. The van der Waals surface area contributed by atoms with Gasteiger partial charge in [-0.05, 0) is 17.7 Å². The molecule has 0 fully saturated rings. The second-order valence-corrected chi connectivity index (χ2v) is 3.69. The zero-order valence-corrected chi connectivity index (χ0v) is 9.47. The Balaban J connectivity index is 2.42. The summed E-state index contributed by atoms with van der Waals surface area (Å²) in [6, 6.07) is 5.32. The van der Waals surface area contributed by atoms with Gasteiger partial charge in [0, 0.05) is 17.6 Å². The first-order valence-corrected chi connectivity index (χ1v) is 5.29. The lowest BCUT2D eigenvalue weighted by Gasteiger charge is -2.07. The summed E-state index contributed by atoms with van der Waals surface area (Å²) in [5.41, 5.74) is 7.60. The minimum absolute atomic E-state index is 0.323. The molecule has 3 nitrogen and oxygen atoms in total. The van der Waals surface area contributed by atoms with Crippen molar-refractivity contribution in [3.8, 4) is 0 Å². The molecule has 1 atom stereocenters. The molecule has 0 aliphatic carbocycles. The van der Waals surface area contributed by atoms with Gasteiger partial charge in [-0.15, -0.1) is 0 Å². The highest BCUT2D eigenvalue weighted by molar-refractivity contribution is 5.36. The molecule has 17 heavy (non-hydrogen) atoms. The van der Waals surface area contributed by atoms with E-state index in [0.29, 0.717) is 11.2 Å². The van der Waals surface area contributed by atoms with Gasteiger partial charge in [0.15, 0.2) is 0 Å². The SMILES string of the molecule is C=C/C=c1/cc(C(N)c2cccnc2)oc1=C. The van der Waals surface area contributed by atoms with Crippen LogP contribution in [0.5, 0.6) is 0 Å². The summed E-state index contributed by atoms with van der Waals surface area (Å²) in [5.74, 6) is 0.677. The van der Waals surface area contributed by atoms with E-state index in [1.807, 2.05) is 24.3 Å². The maximum Gasteiger partial charge on any atom is 0.127 e. The number of aromatic nitrogens is 1. The topological polar surface area (TPSA) is 52.0 Å². The van der Waals surface area contributed by atoms with Crippen LogP contribution in [0.3, 0.4) is 0 Å². The van der Waals surface area contributed by atoms with Crippen molar-refractivity contribution < 1.29 is 4.42 Å². The average Bonchev–Trinajstić information content (AvgIpc) is 2.72. The van der Waals surface area contributed by atoms with Crippen molar-refractivity contribution in [2.24, 2.45) is 5.73 Å². The van der Waals surface area contributed by atoms with Crippen LogP contribution in [0.2, 0.25) is 0 Å². The number of nitrogens with zero attached hydrogens (tertiary/aromatic N) is 1. The number of rotatable bonds is 3. The summed E-state index contributed by atoms with van der Waals surface area (Å²) in [7, 11) is 0. The van der Waals surface area contributed by atoms with Crippen LogP contribution < -0.4 is 16.4 Å². The third-order valence-electron chi connectivity index (χ3n) is 2.51. The monoisotopic (exact) mass is 226 g/mol. The summed E-state index contributed by atoms with van der Waals surface area (Å²) < 4.78 is 5.54. The number of hydrogen-bond donors (Lipinski definition) is 1. The second-order valence-electron chi connectivity index (χ2n) is 3.69. The van der Waals surface area contributed by atoms with Crippen molar-refractivity contribution in [2.75, 3.05) is 0 Å². The number of allylic oxidation sites excluding steroid dienone is 1. The van der Waals surface area contributed by atoms with Gasteiger partial charge >= 0.3 is 0 Å². The van der Waals surface area contributed by atoms with Crippen LogP contribution in [0, 0.1) is 0 Å². The van der Waals surface area contributed by atoms with Crippen molar-refractivity contribution in [2.45, 2.75) is 6.04 Å². The van der Waals surface area contributed by atoms with Crippen LogP contribution >= 0.6 is 0 Å². The normalized spacial score (nSPS) is 13.6. The molecule has 0 aliphatic rings. The van der Waals surface area contributed by atoms with Crippen molar-refractivity contribution in [3.05, 3.63) is 65.2 Å². The van der Waals surface area contributed by atoms with Crippen LogP contribution in [0.4, 0.5) is 0 Å². The molecule has 2 rings (SSSR count). The fourth-order valence-electron chi connectivity index (χ4n) is 1.61. The molecule has 0 saturated carbocycles. The zero-order chi connectivity index (χ0) is 12.3. The minimum Gasteiger partial charge on any atom is -0.460 e. The molecule has 0 aliphatic heterocycles. The first-order chi connectivity index (χ1) is 8.22. The maximum atomic E-state index is 6.09. The van der Waals surface area contributed by atoms with E-state index in [-0.39, 0.29) is 6.04 Å². The summed E-state index contributed by atoms with van der Waals surface area (Å²) in [6.07, 6.45) is 6.97. The molecule has 2 aromatic rings. The van der Waals surface area contributed by atoms with E-state index in [1.54, 1.807) is 18.5 Å². The Labute approximate surface area is 99.6 Å². The Morgan fingerprint density at radius 3 is 2.94 bits per heavy atom. The van der Waals surface area contributed by atoms with E-state index in [4.69, 9.17) is 10.2 Å². The molecule has 0 amide bonds. The zero-order valence-electron chi connectivity index (χ0n) is 9.47. The van der Waals surface area contributed by atoms with Gasteiger partial charge in [-0.25, -0.2) is 0 Å². The molecule has 1 unspecified atom stereocenters. The van der Waals surface area contributed by atoms with Crippen molar-refractivity contribution >= 4 is 12.7 Å². The highest BCUT2D eigenvalue weighted by Crippen LogP contribution is 2.15. The van der Waals surface area contributed by atoms with Crippen molar-refractivity contribution in [1.29, 1.82) is 0 Å². The van der Waals surface area contributed by atoms with Gasteiger partial charge < -0.3 is 10.2 Å². The smallest absolute Gasteiger partial charge is 0.127 e. The fourth-order valence-corrected chi connectivity index (χ4v) is 1.61. The summed E-state index contributed by atoms with van der Waals surface area (Å²) in [6.45, 7) is 7.46.